The molecule has 2 heterocycles. The predicted octanol–water partition coefficient (Wildman–Crippen LogP) is 1.35. The molecule has 2 unspecified atom stereocenters. The summed E-state index contributed by atoms with van der Waals surface area (Å²) in [5.41, 5.74) is 7.36. The zero-order chi connectivity index (χ0) is 14.2. The number of hydrogen-bond donors (Lipinski definition) is 1. The van der Waals surface area contributed by atoms with E-state index in [1.54, 1.807) is 4.68 Å². The summed E-state index contributed by atoms with van der Waals surface area (Å²) >= 11 is 0. The molecule has 0 spiro atoms. The Labute approximate surface area is 114 Å². The molecule has 1 aliphatic rings. The van der Waals surface area contributed by atoms with Crippen LogP contribution in [0.25, 0.3) is 0 Å². The third-order valence-electron chi connectivity index (χ3n) is 3.96. The SMILES string of the molecule is CC(C)c1cc(C(=O)N2CC(CN)CC2C)n(C)n1. The lowest BCUT2D eigenvalue weighted by Gasteiger charge is -2.21. The number of nitrogens with zero attached hydrogens (tertiary/aromatic N) is 3. The van der Waals surface area contributed by atoms with E-state index >= 15 is 0 Å². The molecule has 19 heavy (non-hydrogen) atoms. The fourth-order valence-electron chi connectivity index (χ4n) is 2.71. The quantitative estimate of drug-likeness (QED) is 0.896. The molecule has 1 saturated heterocycles. The second kappa shape index (κ2) is 5.33. The van der Waals surface area contributed by atoms with Crippen molar-refractivity contribution in [2.45, 2.75) is 39.2 Å². The highest BCUT2D eigenvalue weighted by Gasteiger charge is 2.33. The van der Waals surface area contributed by atoms with Crippen molar-refractivity contribution in [3.8, 4) is 0 Å². The van der Waals surface area contributed by atoms with Gasteiger partial charge in [0, 0.05) is 19.6 Å². The van der Waals surface area contributed by atoms with E-state index in [2.05, 4.69) is 25.9 Å². The number of aromatic nitrogens is 2. The molecule has 2 rings (SSSR count). The van der Waals surface area contributed by atoms with E-state index in [0.717, 1.165) is 18.7 Å². The first kappa shape index (κ1) is 14.1. The van der Waals surface area contributed by atoms with Crippen LogP contribution >= 0.6 is 0 Å². The Hall–Kier alpha value is -1.36. The van der Waals surface area contributed by atoms with E-state index in [1.165, 1.54) is 0 Å². The second-order valence-corrected chi connectivity index (χ2v) is 5.88. The predicted molar refractivity (Wildman–Crippen MR) is 75.0 cm³/mol. The van der Waals surface area contributed by atoms with Crippen molar-refractivity contribution in [1.82, 2.24) is 14.7 Å². The van der Waals surface area contributed by atoms with Gasteiger partial charge in [-0.3, -0.25) is 9.48 Å². The van der Waals surface area contributed by atoms with E-state index in [1.807, 2.05) is 18.0 Å². The highest BCUT2D eigenvalue weighted by molar-refractivity contribution is 5.93. The Balaban J connectivity index is 2.20. The molecular weight excluding hydrogens is 240 g/mol. The topological polar surface area (TPSA) is 64.2 Å². The van der Waals surface area contributed by atoms with Gasteiger partial charge in [-0.05, 0) is 37.8 Å². The van der Waals surface area contributed by atoms with Crippen molar-refractivity contribution in [1.29, 1.82) is 0 Å². The van der Waals surface area contributed by atoms with Crippen LogP contribution in [-0.4, -0.2) is 39.7 Å². The molecule has 0 bridgehead atoms. The van der Waals surface area contributed by atoms with Crippen molar-refractivity contribution in [2.75, 3.05) is 13.1 Å². The highest BCUT2D eigenvalue weighted by atomic mass is 16.2. The Bertz CT molecular complexity index is 466. The van der Waals surface area contributed by atoms with Crippen LogP contribution in [0.15, 0.2) is 6.07 Å². The van der Waals surface area contributed by atoms with Crippen molar-refractivity contribution < 1.29 is 4.79 Å². The van der Waals surface area contributed by atoms with E-state index in [9.17, 15) is 4.79 Å². The molecule has 0 radical (unpaired) electrons. The molecule has 0 saturated carbocycles. The minimum Gasteiger partial charge on any atom is -0.334 e. The maximum Gasteiger partial charge on any atom is 0.272 e. The molecular formula is C14H24N4O. The van der Waals surface area contributed by atoms with Gasteiger partial charge in [-0.25, -0.2) is 0 Å². The van der Waals surface area contributed by atoms with Gasteiger partial charge < -0.3 is 10.6 Å². The molecule has 2 N–H and O–H groups in total. The third-order valence-corrected chi connectivity index (χ3v) is 3.96. The molecule has 1 amide bonds. The number of aryl methyl sites for hydroxylation is 1. The summed E-state index contributed by atoms with van der Waals surface area (Å²) in [5, 5.41) is 4.41. The Morgan fingerprint density at radius 2 is 2.26 bits per heavy atom. The van der Waals surface area contributed by atoms with Crippen LogP contribution in [-0.2, 0) is 7.05 Å². The largest absolute Gasteiger partial charge is 0.334 e. The van der Waals surface area contributed by atoms with Gasteiger partial charge in [0.2, 0.25) is 0 Å². The summed E-state index contributed by atoms with van der Waals surface area (Å²) in [7, 11) is 1.83. The van der Waals surface area contributed by atoms with E-state index < -0.39 is 0 Å². The maximum atomic E-state index is 12.6. The first-order valence-corrected chi connectivity index (χ1v) is 6.99. The molecule has 5 nitrogen and oxygen atoms in total. The summed E-state index contributed by atoms with van der Waals surface area (Å²) < 4.78 is 1.69. The van der Waals surface area contributed by atoms with Crippen LogP contribution < -0.4 is 5.73 Å². The van der Waals surface area contributed by atoms with Gasteiger partial charge in [0.1, 0.15) is 5.69 Å². The number of carbonyl (C=O) groups is 1. The van der Waals surface area contributed by atoms with Crippen LogP contribution in [0.2, 0.25) is 0 Å². The monoisotopic (exact) mass is 264 g/mol. The minimum absolute atomic E-state index is 0.0744. The zero-order valence-electron chi connectivity index (χ0n) is 12.3. The number of carbonyl (C=O) groups excluding carboxylic acids is 1. The van der Waals surface area contributed by atoms with Crippen LogP contribution in [0.4, 0.5) is 0 Å². The van der Waals surface area contributed by atoms with Crippen LogP contribution in [0, 0.1) is 5.92 Å². The standard InChI is InChI=1S/C14H24N4O/c1-9(2)12-6-13(17(4)16-12)14(19)18-8-11(7-15)5-10(18)3/h6,9-11H,5,7-8,15H2,1-4H3. The van der Waals surface area contributed by atoms with Crippen molar-refractivity contribution in [2.24, 2.45) is 18.7 Å². The number of hydrogen-bond acceptors (Lipinski definition) is 3. The molecule has 1 aromatic rings. The van der Waals surface area contributed by atoms with Gasteiger partial charge in [0.25, 0.3) is 5.91 Å². The lowest BCUT2D eigenvalue weighted by Crippen LogP contribution is -2.35. The van der Waals surface area contributed by atoms with Gasteiger partial charge in [-0.2, -0.15) is 5.10 Å². The molecule has 1 aliphatic heterocycles. The first-order valence-electron chi connectivity index (χ1n) is 6.99. The third kappa shape index (κ3) is 2.66. The van der Waals surface area contributed by atoms with Crippen molar-refractivity contribution >= 4 is 5.91 Å². The van der Waals surface area contributed by atoms with Gasteiger partial charge in [0.15, 0.2) is 0 Å². The molecule has 106 valence electrons. The summed E-state index contributed by atoms with van der Waals surface area (Å²) in [5.74, 6) is 0.836. The number of rotatable bonds is 3. The summed E-state index contributed by atoms with van der Waals surface area (Å²) in [4.78, 5) is 14.5. The van der Waals surface area contributed by atoms with Crippen molar-refractivity contribution in [3.63, 3.8) is 0 Å². The number of nitrogens with two attached hydrogens (primary N) is 1. The molecule has 1 aromatic heterocycles. The lowest BCUT2D eigenvalue weighted by atomic mass is 10.1. The lowest BCUT2D eigenvalue weighted by molar-refractivity contribution is 0.0732. The van der Waals surface area contributed by atoms with Crippen LogP contribution in [0.5, 0.6) is 0 Å². The maximum absolute atomic E-state index is 12.6. The van der Waals surface area contributed by atoms with E-state index in [0.29, 0.717) is 24.1 Å². The van der Waals surface area contributed by atoms with Crippen LogP contribution in [0.1, 0.15) is 49.3 Å². The zero-order valence-corrected chi connectivity index (χ0v) is 12.3. The first-order chi connectivity index (χ1) is 8.93. The highest BCUT2D eigenvalue weighted by Crippen LogP contribution is 2.25. The van der Waals surface area contributed by atoms with Gasteiger partial charge in [-0.1, -0.05) is 13.8 Å². The summed E-state index contributed by atoms with van der Waals surface area (Å²) in [6, 6.07) is 2.17. The molecule has 2 atom stereocenters. The smallest absolute Gasteiger partial charge is 0.272 e. The van der Waals surface area contributed by atoms with Gasteiger partial charge >= 0.3 is 0 Å². The van der Waals surface area contributed by atoms with Gasteiger partial charge in [-0.15, -0.1) is 0 Å². The summed E-state index contributed by atoms with van der Waals surface area (Å²) in [6.07, 6.45) is 0.997. The second-order valence-electron chi connectivity index (χ2n) is 5.88. The van der Waals surface area contributed by atoms with Gasteiger partial charge in [0.05, 0.1) is 5.69 Å². The average Bonchev–Trinajstić information content (AvgIpc) is 2.92. The fraction of sp³-hybridized carbons (Fsp3) is 0.714. The summed E-state index contributed by atoms with van der Waals surface area (Å²) in [6.45, 7) is 7.67. The normalized spacial score (nSPS) is 23.4. The average molecular weight is 264 g/mol. The molecule has 1 fully saturated rings. The minimum atomic E-state index is 0.0744. The molecule has 0 aliphatic carbocycles. The Kier molecular flexibility index (Phi) is 3.94. The Morgan fingerprint density at radius 1 is 1.58 bits per heavy atom. The fourth-order valence-corrected chi connectivity index (χ4v) is 2.71. The van der Waals surface area contributed by atoms with Crippen molar-refractivity contribution in [3.05, 3.63) is 17.5 Å². The van der Waals surface area contributed by atoms with E-state index in [4.69, 9.17) is 5.73 Å². The van der Waals surface area contributed by atoms with Crippen LogP contribution in [0.3, 0.4) is 0 Å². The number of amides is 1. The Morgan fingerprint density at radius 3 is 2.74 bits per heavy atom. The number of likely N-dealkylation sites (tertiary alicyclic amines) is 1. The van der Waals surface area contributed by atoms with E-state index in [-0.39, 0.29) is 11.9 Å². The molecule has 0 aromatic carbocycles. The molecule has 5 heteroatoms.